The van der Waals surface area contributed by atoms with Gasteiger partial charge in [0.1, 0.15) is 16.4 Å². The molecule has 0 saturated carbocycles. The van der Waals surface area contributed by atoms with E-state index in [0.717, 1.165) is 12.1 Å². The minimum absolute atomic E-state index is 0.0258. The van der Waals surface area contributed by atoms with E-state index in [1.165, 1.54) is 12.1 Å². The maximum Gasteiger partial charge on any atom is 0.295 e. The number of phenolic OH excluding ortho intramolecular Hbond substituents is 2. The molecule has 112 valence electrons. The summed E-state index contributed by atoms with van der Waals surface area (Å²) < 4.78 is 32.1. The van der Waals surface area contributed by atoms with Gasteiger partial charge in [-0.1, -0.05) is 0 Å². The van der Waals surface area contributed by atoms with Crippen LogP contribution in [-0.2, 0) is 10.1 Å². The summed E-state index contributed by atoms with van der Waals surface area (Å²) in [6.45, 7) is 0. The molecule has 0 spiro atoms. The van der Waals surface area contributed by atoms with Crippen LogP contribution in [0, 0.1) is 0 Å². The number of carbonyl (C=O) groups is 2. The highest BCUT2D eigenvalue weighted by Gasteiger charge is 2.35. The molecule has 0 amide bonds. The first-order valence-electron chi connectivity index (χ1n) is 5.97. The van der Waals surface area contributed by atoms with Crippen LogP contribution in [0.25, 0.3) is 0 Å². The Hall–Kier alpha value is -2.71. The lowest BCUT2D eigenvalue weighted by molar-refractivity contribution is 0.0976. The molecule has 1 aliphatic carbocycles. The fourth-order valence-electron chi connectivity index (χ4n) is 2.42. The number of aromatic hydroxyl groups is 2. The minimum Gasteiger partial charge on any atom is -0.508 e. The third-order valence-corrected chi connectivity index (χ3v) is 4.21. The van der Waals surface area contributed by atoms with Crippen molar-refractivity contribution >= 4 is 21.7 Å². The Morgan fingerprint density at radius 2 is 1.41 bits per heavy atom. The van der Waals surface area contributed by atoms with E-state index in [-0.39, 0.29) is 22.4 Å². The third kappa shape index (κ3) is 1.97. The van der Waals surface area contributed by atoms with Gasteiger partial charge in [-0.2, -0.15) is 8.42 Å². The molecule has 0 heterocycles. The van der Waals surface area contributed by atoms with Crippen LogP contribution < -0.4 is 0 Å². The Morgan fingerprint density at radius 3 is 2.05 bits per heavy atom. The summed E-state index contributed by atoms with van der Waals surface area (Å²) in [5.41, 5.74) is -1.05. The molecule has 8 heteroatoms. The Morgan fingerprint density at radius 1 is 0.773 bits per heavy atom. The lowest BCUT2D eigenvalue weighted by atomic mass is 9.84. The lowest BCUT2D eigenvalue weighted by Gasteiger charge is -2.19. The Kier molecular flexibility index (Phi) is 2.84. The third-order valence-electron chi connectivity index (χ3n) is 3.33. The maximum atomic E-state index is 12.5. The number of benzene rings is 2. The second kappa shape index (κ2) is 4.39. The lowest BCUT2D eigenvalue weighted by Crippen LogP contribution is -2.23. The molecular formula is C14H8O7S. The SMILES string of the molecule is O=C1c2ccc(O)cc2C(=O)c2c1cc(O)cc2S(=O)(=O)O. The van der Waals surface area contributed by atoms with Crippen LogP contribution in [0.15, 0.2) is 35.2 Å². The monoisotopic (exact) mass is 320 g/mol. The predicted octanol–water partition coefficient (Wildman–Crippen LogP) is 1.12. The average molecular weight is 320 g/mol. The first kappa shape index (κ1) is 14.2. The van der Waals surface area contributed by atoms with Crippen molar-refractivity contribution in [3.63, 3.8) is 0 Å². The van der Waals surface area contributed by atoms with Crippen molar-refractivity contribution in [1.29, 1.82) is 0 Å². The number of ketones is 2. The van der Waals surface area contributed by atoms with Gasteiger partial charge in [-0.25, -0.2) is 0 Å². The molecule has 0 unspecified atom stereocenters. The standard InChI is InChI=1S/C14H8O7S/c15-6-1-2-8-9(3-6)14(18)12-10(13(8)17)4-7(16)5-11(12)22(19,20)21/h1-5,15-16H,(H,19,20,21). The fraction of sp³-hybridized carbons (Fsp3) is 0. The van der Waals surface area contributed by atoms with Crippen LogP contribution >= 0.6 is 0 Å². The molecule has 0 bridgehead atoms. The van der Waals surface area contributed by atoms with Crippen LogP contribution in [0.4, 0.5) is 0 Å². The van der Waals surface area contributed by atoms with Crippen molar-refractivity contribution in [1.82, 2.24) is 0 Å². The Labute approximate surface area is 124 Å². The van der Waals surface area contributed by atoms with E-state index in [2.05, 4.69) is 0 Å². The minimum atomic E-state index is -4.83. The number of rotatable bonds is 1. The van der Waals surface area contributed by atoms with E-state index < -0.39 is 37.9 Å². The predicted molar refractivity (Wildman–Crippen MR) is 72.9 cm³/mol. The summed E-state index contributed by atoms with van der Waals surface area (Å²) >= 11 is 0. The topological polar surface area (TPSA) is 129 Å². The molecule has 0 aromatic heterocycles. The van der Waals surface area contributed by atoms with Crippen LogP contribution in [-0.4, -0.2) is 34.8 Å². The van der Waals surface area contributed by atoms with Gasteiger partial charge in [0.2, 0.25) is 0 Å². The summed E-state index contributed by atoms with van der Waals surface area (Å²) in [6, 6.07) is 5.12. The number of hydrogen-bond acceptors (Lipinski definition) is 6. The van der Waals surface area contributed by atoms with Gasteiger partial charge in [-0.15, -0.1) is 0 Å². The summed E-state index contributed by atoms with van der Waals surface area (Å²) in [6.07, 6.45) is 0. The van der Waals surface area contributed by atoms with Gasteiger partial charge >= 0.3 is 0 Å². The highest BCUT2D eigenvalue weighted by molar-refractivity contribution is 7.86. The normalized spacial score (nSPS) is 13.7. The van der Waals surface area contributed by atoms with Gasteiger partial charge in [0.25, 0.3) is 10.1 Å². The molecule has 2 aromatic rings. The molecule has 0 atom stereocenters. The largest absolute Gasteiger partial charge is 0.508 e. The zero-order valence-electron chi connectivity index (χ0n) is 10.8. The van der Waals surface area contributed by atoms with E-state index in [4.69, 9.17) is 0 Å². The zero-order chi connectivity index (χ0) is 16.2. The smallest absolute Gasteiger partial charge is 0.295 e. The first-order valence-corrected chi connectivity index (χ1v) is 7.41. The van der Waals surface area contributed by atoms with Crippen molar-refractivity contribution < 1.29 is 32.8 Å². The van der Waals surface area contributed by atoms with E-state index >= 15 is 0 Å². The van der Waals surface area contributed by atoms with Crippen LogP contribution in [0.2, 0.25) is 0 Å². The number of fused-ring (bicyclic) bond motifs is 2. The molecule has 7 nitrogen and oxygen atoms in total. The van der Waals surface area contributed by atoms with Gasteiger partial charge < -0.3 is 10.2 Å². The quantitative estimate of drug-likeness (QED) is 0.573. The van der Waals surface area contributed by atoms with Gasteiger partial charge in [0, 0.05) is 22.8 Å². The Bertz CT molecular complexity index is 957. The average Bonchev–Trinajstić information content (AvgIpc) is 2.42. The molecule has 1 aliphatic rings. The maximum absolute atomic E-state index is 12.5. The second-order valence-corrected chi connectivity index (χ2v) is 6.12. The molecule has 0 fully saturated rings. The summed E-state index contributed by atoms with van der Waals surface area (Å²) in [7, 11) is -4.83. The zero-order valence-corrected chi connectivity index (χ0v) is 11.6. The molecule has 0 aliphatic heterocycles. The molecule has 3 rings (SSSR count). The van der Waals surface area contributed by atoms with Crippen molar-refractivity contribution in [2.24, 2.45) is 0 Å². The van der Waals surface area contributed by atoms with Crippen LogP contribution in [0.5, 0.6) is 11.5 Å². The van der Waals surface area contributed by atoms with Crippen molar-refractivity contribution in [3.05, 3.63) is 52.6 Å². The second-order valence-electron chi connectivity index (χ2n) is 4.73. The van der Waals surface area contributed by atoms with Gasteiger partial charge in [0.05, 0.1) is 5.56 Å². The van der Waals surface area contributed by atoms with E-state index in [1.807, 2.05) is 0 Å². The highest BCUT2D eigenvalue weighted by atomic mass is 32.2. The number of phenols is 2. The van der Waals surface area contributed by atoms with E-state index in [9.17, 15) is 32.8 Å². The fourth-order valence-corrected chi connectivity index (χ4v) is 3.15. The van der Waals surface area contributed by atoms with Gasteiger partial charge in [-0.05, 0) is 24.3 Å². The molecule has 22 heavy (non-hydrogen) atoms. The Balaban J connectivity index is 2.43. The van der Waals surface area contributed by atoms with Crippen molar-refractivity contribution in [2.75, 3.05) is 0 Å². The highest BCUT2D eigenvalue weighted by Crippen LogP contribution is 2.35. The first-order chi connectivity index (χ1) is 10.2. The summed E-state index contributed by atoms with van der Waals surface area (Å²) in [5, 5.41) is 19.0. The van der Waals surface area contributed by atoms with E-state index in [1.54, 1.807) is 0 Å². The molecule has 0 saturated heterocycles. The molecule has 2 aromatic carbocycles. The number of carbonyl (C=O) groups excluding carboxylic acids is 2. The molecular weight excluding hydrogens is 312 g/mol. The summed E-state index contributed by atoms with van der Waals surface area (Å²) in [4.78, 5) is 24.0. The van der Waals surface area contributed by atoms with E-state index in [0.29, 0.717) is 6.07 Å². The van der Waals surface area contributed by atoms with Crippen LogP contribution in [0.3, 0.4) is 0 Å². The van der Waals surface area contributed by atoms with Gasteiger partial charge in [0.15, 0.2) is 11.6 Å². The van der Waals surface area contributed by atoms with Crippen molar-refractivity contribution in [2.45, 2.75) is 4.90 Å². The van der Waals surface area contributed by atoms with Crippen molar-refractivity contribution in [3.8, 4) is 11.5 Å². The summed E-state index contributed by atoms with van der Waals surface area (Å²) in [5.74, 6) is -2.37. The number of hydrogen-bond donors (Lipinski definition) is 3. The molecule has 3 N–H and O–H groups in total. The molecule has 0 radical (unpaired) electrons. The van der Waals surface area contributed by atoms with Gasteiger partial charge in [-0.3, -0.25) is 14.1 Å². The van der Waals surface area contributed by atoms with Crippen LogP contribution in [0.1, 0.15) is 31.8 Å².